The Labute approximate surface area is 75.8 Å². The summed E-state index contributed by atoms with van der Waals surface area (Å²) in [5, 5.41) is 8.37. The molecule has 1 aliphatic heterocycles. The molecule has 62 valence electrons. The lowest BCUT2D eigenvalue weighted by molar-refractivity contribution is -0.137. The molecule has 1 N–H and O–H groups in total. The number of rotatable bonds is 2. The number of aliphatic carboxylic acids is 1. The molecule has 1 aliphatic rings. The highest BCUT2D eigenvalue weighted by Gasteiger charge is 2.03. The topological polar surface area (TPSA) is 40.5 Å². The van der Waals surface area contributed by atoms with Crippen LogP contribution >= 0.6 is 17.0 Å². The Kier molecular flexibility index (Phi) is 4.61. The van der Waals surface area contributed by atoms with Crippen LogP contribution in [0.15, 0.2) is 24.4 Å². The van der Waals surface area contributed by atoms with E-state index < -0.39 is 5.97 Å². The third-order valence-corrected chi connectivity index (χ3v) is 1.22. The standard InChI is InChI=1S/C7H9NO2.BrH/c9-7(10)6-8-4-2-1-3-5-8;/h1-4H,5-6H2,(H,9,10);1H. The minimum atomic E-state index is -0.792. The SMILES string of the molecule is Br.O=C(O)CN1C=CC=CC1. The molecule has 0 amide bonds. The first-order valence-electron chi connectivity index (χ1n) is 3.08. The van der Waals surface area contributed by atoms with Crippen molar-refractivity contribution in [2.75, 3.05) is 13.1 Å². The summed E-state index contributed by atoms with van der Waals surface area (Å²) in [4.78, 5) is 11.9. The highest BCUT2D eigenvalue weighted by atomic mass is 79.9. The van der Waals surface area contributed by atoms with Crippen LogP contribution in [0.4, 0.5) is 0 Å². The van der Waals surface area contributed by atoms with Crippen LogP contribution in [0.1, 0.15) is 0 Å². The van der Waals surface area contributed by atoms with Crippen LogP contribution in [0.5, 0.6) is 0 Å². The second-order valence-corrected chi connectivity index (χ2v) is 2.09. The second kappa shape index (κ2) is 4.96. The maximum atomic E-state index is 10.2. The van der Waals surface area contributed by atoms with Crippen LogP contribution < -0.4 is 0 Å². The predicted octanol–water partition coefficient (Wildman–Crippen LogP) is 1.03. The fourth-order valence-electron chi connectivity index (χ4n) is 0.798. The van der Waals surface area contributed by atoms with Crippen molar-refractivity contribution in [1.29, 1.82) is 0 Å². The van der Waals surface area contributed by atoms with Crippen LogP contribution in [-0.4, -0.2) is 29.1 Å². The van der Waals surface area contributed by atoms with Crippen molar-refractivity contribution in [3.63, 3.8) is 0 Å². The molecule has 0 saturated carbocycles. The van der Waals surface area contributed by atoms with Gasteiger partial charge in [0.05, 0.1) is 0 Å². The summed E-state index contributed by atoms with van der Waals surface area (Å²) in [5.41, 5.74) is 0. The van der Waals surface area contributed by atoms with E-state index >= 15 is 0 Å². The van der Waals surface area contributed by atoms with Gasteiger partial charge in [0.15, 0.2) is 0 Å². The minimum Gasteiger partial charge on any atom is -0.480 e. The number of allylic oxidation sites excluding steroid dienone is 2. The zero-order valence-corrected chi connectivity index (χ0v) is 7.65. The number of carboxylic acids is 1. The smallest absolute Gasteiger partial charge is 0.323 e. The molecule has 1 rings (SSSR count). The first-order chi connectivity index (χ1) is 4.79. The monoisotopic (exact) mass is 219 g/mol. The molecular formula is C7H10BrNO2. The maximum absolute atomic E-state index is 10.2. The molecule has 3 nitrogen and oxygen atoms in total. The molecule has 0 radical (unpaired) electrons. The van der Waals surface area contributed by atoms with Crippen LogP contribution in [0.25, 0.3) is 0 Å². The van der Waals surface area contributed by atoms with E-state index in [4.69, 9.17) is 5.11 Å². The maximum Gasteiger partial charge on any atom is 0.323 e. The quantitative estimate of drug-likeness (QED) is 0.755. The van der Waals surface area contributed by atoms with Crippen LogP contribution in [-0.2, 0) is 4.79 Å². The van der Waals surface area contributed by atoms with E-state index in [2.05, 4.69) is 0 Å². The van der Waals surface area contributed by atoms with Crippen LogP contribution in [0, 0.1) is 0 Å². The van der Waals surface area contributed by atoms with Crippen LogP contribution in [0.3, 0.4) is 0 Å². The lowest BCUT2D eigenvalue weighted by Crippen LogP contribution is -2.25. The van der Waals surface area contributed by atoms with Crippen molar-refractivity contribution in [3.8, 4) is 0 Å². The predicted molar refractivity (Wildman–Crippen MR) is 47.8 cm³/mol. The highest BCUT2D eigenvalue weighted by Crippen LogP contribution is 1.96. The summed E-state index contributed by atoms with van der Waals surface area (Å²) in [7, 11) is 0. The average Bonchev–Trinajstić information content (AvgIpc) is 1.88. The first-order valence-corrected chi connectivity index (χ1v) is 3.08. The van der Waals surface area contributed by atoms with Crippen LogP contribution in [0.2, 0.25) is 0 Å². The molecule has 0 aromatic carbocycles. The summed E-state index contributed by atoms with van der Waals surface area (Å²) in [5.74, 6) is -0.792. The van der Waals surface area contributed by atoms with Gasteiger partial charge in [0.25, 0.3) is 0 Å². The Morgan fingerprint density at radius 1 is 1.55 bits per heavy atom. The lowest BCUT2D eigenvalue weighted by atomic mass is 10.3. The van der Waals surface area contributed by atoms with E-state index in [0.29, 0.717) is 6.54 Å². The fraction of sp³-hybridized carbons (Fsp3) is 0.286. The molecule has 0 spiro atoms. The molecule has 1 heterocycles. The van der Waals surface area contributed by atoms with Gasteiger partial charge in [-0.2, -0.15) is 0 Å². The largest absolute Gasteiger partial charge is 0.480 e. The first kappa shape index (κ1) is 10.2. The molecule has 0 bridgehead atoms. The van der Waals surface area contributed by atoms with Crippen molar-refractivity contribution < 1.29 is 9.90 Å². The Morgan fingerprint density at radius 2 is 2.27 bits per heavy atom. The van der Waals surface area contributed by atoms with E-state index in [9.17, 15) is 4.79 Å². The lowest BCUT2D eigenvalue weighted by Gasteiger charge is -2.16. The average molecular weight is 220 g/mol. The third kappa shape index (κ3) is 3.83. The molecule has 0 fully saturated rings. The van der Waals surface area contributed by atoms with Crippen molar-refractivity contribution >= 4 is 23.0 Å². The summed E-state index contributed by atoms with van der Waals surface area (Å²) < 4.78 is 0. The molecular weight excluding hydrogens is 210 g/mol. The second-order valence-electron chi connectivity index (χ2n) is 2.09. The van der Waals surface area contributed by atoms with Gasteiger partial charge in [-0.3, -0.25) is 4.79 Å². The summed E-state index contributed by atoms with van der Waals surface area (Å²) in [6.45, 7) is 0.781. The van der Waals surface area contributed by atoms with Gasteiger partial charge >= 0.3 is 5.97 Å². The molecule has 11 heavy (non-hydrogen) atoms. The number of hydrogen-bond acceptors (Lipinski definition) is 2. The van der Waals surface area contributed by atoms with Gasteiger partial charge in [0.2, 0.25) is 0 Å². The summed E-state index contributed by atoms with van der Waals surface area (Å²) >= 11 is 0. The van der Waals surface area contributed by atoms with Gasteiger partial charge in [0.1, 0.15) is 6.54 Å². The fourth-order valence-corrected chi connectivity index (χ4v) is 0.798. The van der Waals surface area contributed by atoms with Gasteiger partial charge in [0, 0.05) is 6.54 Å². The van der Waals surface area contributed by atoms with Gasteiger partial charge in [-0.05, 0) is 12.3 Å². The van der Waals surface area contributed by atoms with E-state index in [1.807, 2.05) is 18.2 Å². The van der Waals surface area contributed by atoms with Gasteiger partial charge in [-0.15, -0.1) is 17.0 Å². The van der Waals surface area contributed by atoms with Crippen molar-refractivity contribution in [1.82, 2.24) is 4.90 Å². The Balaban J connectivity index is 0.000001000. The normalized spacial score (nSPS) is 14.4. The highest BCUT2D eigenvalue weighted by molar-refractivity contribution is 8.93. The Morgan fingerprint density at radius 3 is 2.73 bits per heavy atom. The van der Waals surface area contributed by atoms with Gasteiger partial charge < -0.3 is 10.0 Å². The Bertz CT molecular complexity index is 189. The number of carbonyl (C=O) groups is 1. The number of carboxylic acid groups (broad SMARTS) is 1. The van der Waals surface area contributed by atoms with Crippen molar-refractivity contribution in [3.05, 3.63) is 24.4 Å². The van der Waals surface area contributed by atoms with Gasteiger partial charge in [-0.1, -0.05) is 12.2 Å². The van der Waals surface area contributed by atoms with E-state index in [-0.39, 0.29) is 23.5 Å². The third-order valence-electron chi connectivity index (χ3n) is 1.22. The zero-order chi connectivity index (χ0) is 7.40. The Hall–Kier alpha value is -0.770. The number of hydrogen-bond donors (Lipinski definition) is 1. The minimum absolute atomic E-state index is 0. The number of nitrogens with zero attached hydrogens (tertiary/aromatic N) is 1. The molecule has 0 saturated heterocycles. The molecule has 0 unspecified atom stereocenters. The molecule has 0 aliphatic carbocycles. The summed E-state index contributed by atoms with van der Waals surface area (Å²) in [6, 6.07) is 0. The zero-order valence-electron chi connectivity index (χ0n) is 5.93. The molecule has 0 atom stereocenters. The summed E-state index contributed by atoms with van der Waals surface area (Å²) in [6.07, 6.45) is 7.42. The van der Waals surface area contributed by atoms with E-state index in [1.165, 1.54) is 0 Å². The molecule has 0 aromatic heterocycles. The van der Waals surface area contributed by atoms with Crippen molar-refractivity contribution in [2.24, 2.45) is 0 Å². The molecule has 0 aromatic rings. The van der Waals surface area contributed by atoms with E-state index in [0.717, 1.165) is 0 Å². The van der Waals surface area contributed by atoms with Crippen molar-refractivity contribution in [2.45, 2.75) is 0 Å². The van der Waals surface area contributed by atoms with E-state index in [1.54, 1.807) is 11.1 Å². The molecule has 4 heteroatoms. The van der Waals surface area contributed by atoms with Gasteiger partial charge in [-0.25, -0.2) is 0 Å². The number of halogens is 1.